The average molecular weight is 443 g/mol. The van der Waals surface area contributed by atoms with Crippen LogP contribution < -0.4 is 10.2 Å². The molecule has 1 spiro atoms. The molecule has 5 heterocycles. The van der Waals surface area contributed by atoms with Gasteiger partial charge in [-0.2, -0.15) is 8.78 Å². The maximum atomic E-state index is 13.8. The number of pyridine rings is 1. The van der Waals surface area contributed by atoms with Crippen molar-refractivity contribution in [2.75, 3.05) is 36.5 Å². The molecule has 11 heteroatoms. The minimum Gasteiger partial charge on any atom is -0.381 e. The summed E-state index contributed by atoms with van der Waals surface area (Å²) in [6, 6.07) is 3.20. The first-order valence-electron chi connectivity index (χ1n) is 10.4. The summed E-state index contributed by atoms with van der Waals surface area (Å²) in [5.41, 5.74) is 0.834. The Kier molecular flexibility index (Phi) is 4.81. The monoisotopic (exact) mass is 443 g/mol. The van der Waals surface area contributed by atoms with Crippen LogP contribution in [0.4, 0.5) is 20.4 Å². The Bertz CT molecular complexity index is 1180. The number of nitrogens with one attached hydrogen (secondary N) is 1. The van der Waals surface area contributed by atoms with Gasteiger partial charge in [0.1, 0.15) is 5.82 Å². The summed E-state index contributed by atoms with van der Waals surface area (Å²) in [4.78, 5) is 25.8. The molecule has 1 N–H and O–H groups in total. The van der Waals surface area contributed by atoms with Gasteiger partial charge in [-0.3, -0.25) is 4.79 Å². The summed E-state index contributed by atoms with van der Waals surface area (Å²) in [7, 11) is 0. The van der Waals surface area contributed by atoms with Gasteiger partial charge in [0, 0.05) is 70.1 Å². The predicted molar refractivity (Wildman–Crippen MR) is 113 cm³/mol. The zero-order valence-electron chi connectivity index (χ0n) is 17.8. The van der Waals surface area contributed by atoms with E-state index in [1.165, 1.54) is 23.9 Å². The molecule has 0 aliphatic carbocycles. The predicted octanol–water partition coefficient (Wildman–Crippen LogP) is 2.90. The molecule has 0 atom stereocenters. The van der Waals surface area contributed by atoms with Crippen LogP contribution in [0.3, 0.4) is 0 Å². The molecule has 0 saturated carbocycles. The lowest BCUT2D eigenvalue weighted by molar-refractivity contribution is -0.114. The molecular weight excluding hydrogens is 420 g/mol. The molecule has 5 rings (SSSR count). The first kappa shape index (κ1) is 20.7. The number of carbonyl (C=O) groups is 1. The lowest BCUT2D eigenvalue weighted by Crippen LogP contribution is -2.58. The van der Waals surface area contributed by atoms with Crippen molar-refractivity contribution in [3.05, 3.63) is 30.4 Å². The van der Waals surface area contributed by atoms with Crippen LogP contribution in [-0.4, -0.2) is 56.9 Å². The van der Waals surface area contributed by atoms with Crippen LogP contribution in [0.15, 0.2) is 24.5 Å². The molecule has 2 aliphatic rings. The number of halogens is 2. The van der Waals surface area contributed by atoms with E-state index in [1.54, 1.807) is 12.3 Å². The minimum absolute atomic E-state index is 0.217. The molecule has 1 amide bonds. The third-order valence-electron chi connectivity index (χ3n) is 6.01. The fourth-order valence-corrected chi connectivity index (χ4v) is 4.36. The van der Waals surface area contributed by atoms with Gasteiger partial charge in [-0.05, 0) is 12.8 Å². The third-order valence-corrected chi connectivity index (χ3v) is 6.01. The van der Waals surface area contributed by atoms with Crippen LogP contribution in [0.25, 0.3) is 16.7 Å². The number of rotatable bonds is 4. The topological polar surface area (TPSA) is 98.1 Å². The first-order valence-corrected chi connectivity index (χ1v) is 10.4. The fourth-order valence-electron chi connectivity index (χ4n) is 4.36. The van der Waals surface area contributed by atoms with E-state index in [9.17, 15) is 13.6 Å². The lowest BCUT2D eigenvalue weighted by Gasteiger charge is -2.52. The molecule has 3 aromatic heterocycles. The molecule has 2 saturated heterocycles. The summed E-state index contributed by atoms with van der Waals surface area (Å²) in [6.45, 7) is 5.36. The number of amides is 1. The van der Waals surface area contributed by atoms with Gasteiger partial charge in [0.25, 0.3) is 0 Å². The van der Waals surface area contributed by atoms with Gasteiger partial charge in [0.05, 0.1) is 10.9 Å². The van der Waals surface area contributed by atoms with E-state index in [0.29, 0.717) is 17.2 Å². The van der Waals surface area contributed by atoms with Crippen molar-refractivity contribution in [2.45, 2.75) is 32.6 Å². The van der Waals surface area contributed by atoms with Crippen LogP contribution in [-0.2, 0) is 15.5 Å². The minimum atomic E-state index is -3.18. The van der Waals surface area contributed by atoms with Crippen LogP contribution >= 0.6 is 0 Å². The maximum absolute atomic E-state index is 13.8. The lowest BCUT2D eigenvalue weighted by atomic mass is 9.73. The van der Waals surface area contributed by atoms with Gasteiger partial charge >= 0.3 is 5.92 Å². The van der Waals surface area contributed by atoms with Gasteiger partial charge < -0.3 is 15.0 Å². The summed E-state index contributed by atoms with van der Waals surface area (Å²) >= 11 is 0. The smallest absolute Gasteiger partial charge is 0.303 e. The second-order valence-corrected chi connectivity index (χ2v) is 8.60. The van der Waals surface area contributed by atoms with Crippen LogP contribution in [0.2, 0.25) is 0 Å². The molecule has 9 nitrogen and oxygen atoms in total. The Morgan fingerprint density at radius 1 is 1.25 bits per heavy atom. The number of aromatic nitrogens is 5. The molecule has 2 fully saturated rings. The zero-order valence-corrected chi connectivity index (χ0v) is 17.8. The third kappa shape index (κ3) is 3.66. The van der Waals surface area contributed by atoms with Gasteiger partial charge in [-0.15, -0.1) is 5.10 Å². The number of anilines is 2. The molecule has 32 heavy (non-hydrogen) atoms. The highest BCUT2D eigenvalue weighted by Gasteiger charge is 2.45. The average Bonchev–Trinajstić information content (AvgIpc) is 3.10. The van der Waals surface area contributed by atoms with E-state index in [0.717, 1.165) is 51.5 Å². The van der Waals surface area contributed by atoms with E-state index in [4.69, 9.17) is 9.84 Å². The second-order valence-electron chi connectivity index (χ2n) is 8.60. The Labute approximate surface area is 182 Å². The van der Waals surface area contributed by atoms with E-state index in [1.807, 2.05) is 0 Å². The number of nitrogens with zero attached hydrogens (tertiary/aromatic N) is 6. The summed E-state index contributed by atoms with van der Waals surface area (Å²) in [5, 5.41) is 8.13. The molecule has 0 unspecified atom stereocenters. The van der Waals surface area contributed by atoms with E-state index < -0.39 is 11.7 Å². The van der Waals surface area contributed by atoms with Crippen molar-refractivity contribution in [1.29, 1.82) is 0 Å². The molecule has 0 radical (unpaired) electrons. The number of alkyl halides is 2. The van der Waals surface area contributed by atoms with Gasteiger partial charge in [0.2, 0.25) is 11.7 Å². The number of carbonyl (C=O) groups excluding carboxylic acids is 1. The highest BCUT2D eigenvalue weighted by Crippen LogP contribution is 2.43. The van der Waals surface area contributed by atoms with Crippen molar-refractivity contribution >= 4 is 28.4 Å². The van der Waals surface area contributed by atoms with Crippen molar-refractivity contribution < 1.29 is 18.3 Å². The molecule has 3 aromatic rings. The van der Waals surface area contributed by atoms with Crippen molar-refractivity contribution in [3.63, 3.8) is 0 Å². The van der Waals surface area contributed by atoms with Crippen LogP contribution in [0.1, 0.15) is 32.5 Å². The number of fused-ring (bicyclic) bond motifs is 1. The summed E-state index contributed by atoms with van der Waals surface area (Å²) < 4.78 is 34.7. The Morgan fingerprint density at radius 3 is 2.69 bits per heavy atom. The Balaban J connectivity index is 1.58. The Hall–Kier alpha value is -3.21. The standard InChI is InChI=1S/C21H23F2N7O2/c1-13(31)26-16-9-15-14(10-25-16)18(29-11-21(12-29)4-7-32-8-5-21)28-30(15)17-3-6-24-19(27-17)20(2,22)23/h3,6,9-10H,4-5,7-8,11-12H2,1-2H3,(H,25,26,31). The van der Waals surface area contributed by atoms with E-state index >= 15 is 0 Å². The maximum Gasteiger partial charge on any atom is 0.303 e. The second kappa shape index (κ2) is 7.44. The quantitative estimate of drug-likeness (QED) is 0.662. The van der Waals surface area contributed by atoms with Gasteiger partial charge in [-0.25, -0.2) is 19.6 Å². The van der Waals surface area contributed by atoms with Crippen LogP contribution in [0, 0.1) is 5.41 Å². The fraction of sp³-hybridized carbons (Fsp3) is 0.476. The van der Waals surface area contributed by atoms with Crippen molar-refractivity contribution in [3.8, 4) is 5.82 Å². The molecule has 168 valence electrons. The van der Waals surface area contributed by atoms with Crippen molar-refractivity contribution in [1.82, 2.24) is 24.7 Å². The van der Waals surface area contributed by atoms with Crippen LogP contribution in [0.5, 0.6) is 0 Å². The molecule has 0 bridgehead atoms. The number of ether oxygens (including phenoxy) is 1. The largest absolute Gasteiger partial charge is 0.381 e. The summed E-state index contributed by atoms with van der Waals surface area (Å²) in [5.74, 6) is -2.75. The highest BCUT2D eigenvalue weighted by molar-refractivity contribution is 5.95. The molecular formula is C21H23F2N7O2. The van der Waals surface area contributed by atoms with Crippen molar-refractivity contribution in [2.24, 2.45) is 5.41 Å². The van der Waals surface area contributed by atoms with Gasteiger partial charge in [0.15, 0.2) is 11.6 Å². The van der Waals surface area contributed by atoms with E-state index in [-0.39, 0.29) is 17.1 Å². The highest BCUT2D eigenvalue weighted by atomic mass is 19.3. The zero-order chi connectivity index (χ0) is 22.5. The molecule has 0 aromatic carbocycles. The molecule has 2 aliphatic heterocycles. The van der Waals surface area contributed by atoms with Gasteiger partial charge in [-0.1, -0.05) is 0 Å². The van der Waals surface area contributed by atoms with E-state index in [2.05, 4.69) is 25.2 Å². The number of hydrogen-bond donors (Lipinski definition) is 1. The summed E-state index contributed by atoms with van der Waals surface area (Å²) in [6.07, 6.45) is 4.95. The first-order chi connectivity index (χ1) is 15.2. The SMILES string of the molecule is CC(=O)Nc1cc2c(cn1)c(N1CC3(CCOCC3)C1)nn2-c1ccnc(C(C)(F)F)n1. The number of hydrogen-bond acceptors (Lipinski definition) is 7. The Morgan fingerprint density at radius 2 is 2.00 bits per heavy atom. The normalized spacial score (nSPS) is 18.1.